The Morgan fingerprint density at radius 2 is 1.90 bits per heavy atom. The summed E-state index contributed by atoms with van der Waals surface area (Å²) in [4.78, 5) is 4.29. The van der Waals surface area contributed by atoms with Gasteiger partial charge in [0.2, 0.25) is 10.0 Å². The maximum absolute atomic E-state index is 12.2. The summed E-state index contributed by atoms with van der Waals surface area (Å²) in [7, 11) is -2.13. The van der Waals surface area contributed by atoms with Crippen molar-refractivity contribution in [3.63, 3.8) is 0 Å². The normalized spacial score (nSPS) is 11.2. The van der Waals surface area contributed by atoms with Crippen molar-refractivity contribution >= 4 is 10.0 Å². The Balaban J connectivity index is 2.04. The lowest BCUT2D eigenvalue weighted by atomic mass is 10.3. The van der Waals surface area contributed by atoms with E-state index in [0.29, 0.717) is 12.2 Å². The number of rotatable bonds is 6. The number of ether oxygens (including phenoxy) is 1. The van der Waals surface area contributed by atoms with Crippen molar-refractivity contribution in [2.45, 2.75) is 11.3 Å². The molecule has 1 heterocycles. The molecule has 1 aromatic heterocycles. The van der Waals surface area contributed by atoms with Crippen molar-refractivity contribution in [2.75, 3.05) is 13.7 Å². The summed E-state index contributed by atoms with van der Waals surface area (Å²) < 4.78 is 32.0. The van der Waals surface area contributed by atoms with Crippen LogP contribution in [0.4, 0.5) is 0 Å². The van der Waals surface area contributed by atoms with E-state index in [1.807, 2.05) is 18.2 Å². The third kappa shape index (κ3) is 3.55. The first-order valence-corrected chi connectivity index (χ1v) is 7.64. The van der Waals surface area contributed by atoms with Gasteiger partial charge >= 0.3 is 0 Å². The van der Waals surface area contributed by atoms with E-state index in [2.05, 4.69) is 9.71 Å². The van der Waals surface area contributed by atoms with E-state index in [-0.39, 0.29) is 11.4 Å². The van der Waals surface area contributed by atoms with Crippen LogP contribution in [-0.4, -0.2) is 27.1 Å². The van der Waals surface area contributed by atoms with E-state index < -0.39 is 10.0 Å². The Labute approximate surface area is 118 Å². The molecule has 0 radical (unpaired) electrons. The first-order chi connectivity index (χ1) is 9.63. The first-order valence-electron chi connectivity index (χ1n) is 6.16. The second-order valence-corrected chi connectivity index (χ2v) is 5.86. The molecule has 0 aliphatic heterocycles. The summed E-state index contributed by atoms with van der Waals surface area (Å²) in [5.74, 6) is 0.331. The van der Waals surface area contributed by atoms with Gasteiger partial charge in [-0.2, -0.15) is 0 Å². The molecule has 0 saturated carbocycles. The topological polar surface area (TPSA) is 68.3 Å². The predicted octanol–water partition coefficient (Wildman–Crippen LogP) is 1.61. The number of benzene rings is 1. The number of hydrogen-bond acceptors (Lipinski definition) is 4. The van der Waals surface area contributed by atoms with E-state index in [1.165, 1.54) is 13.2 Å². The van der Waals surface area contributed by atoms with Gasteiger partial charge in [-0.25, -0.2) is 13.1 Å². The average Bonchev–Trinajstić information content (AvgIpc) is 2.48. The number of hydrogen-bond donors (Lipinski definition) is 1. The minimum Gasteiger partial charge on any atom is -0.495 e. The maximum Gasteiger partial charge on any atom is 0.244 e. The van der Waals surface area contributed by atoms with E-state index in [4.69, 9.17) is 4.74 Å². The van der Waals surface area contributed by atoms with Crippen LogP contribution in [0.1, 0.15) is 5.69 Å². The molecule has 0 amide bonds. The van der Waals surface area contributed by atoms with Crippen LogP contribution in [0.3, 0.4) is 0 Å². The van der Waals surface area contributed by atoms with Crippen molar-refractivity contribution in [1.29, 1.82) is 0 Å². The van der Waals surface area contributed by atoms with Crippen LogP contribution in [0, 0.1) is 0 Å². The van der Waals surface area contributed by atoms with Crippen molar-refractivity contribution in [2.24, 2.45) is 0 Å². The molecule has 2 rings (SSSR count). The molecular weight excluding hydrogens is 276 g/mol. The van der Waals surface area contributed by atoms with Crippen LogP contribution < -0.4 is 9.46 Å². The standard InChI is InChI=1S/C14H16N2O3S/c1-19-13-7-2-3-8-14(13)20(17,18)16-11-9-12-6-4-5-10-15-12/h2-8,10,16H,9,11H2,1H3. The van der Waals surface area contributed by atoms with Crippen LogP contribution in [-0.2, 0) is 16.4 Å². The highest BCUT2D eigenvalue weighted by Crippen LogP contribution is 2.22. The summed E-state index contributed by atoms with van der Waals surface area (Å²) in [6.45, 7) is 0.289. The second-order valence-electron chi connectivity index (χ2n) is 4.12. The van der Waals surface area contributed by atoms with Gasteiger partial charge in [-0.3, -0.25) is 4.98 Å². The molecule has 0 aliphatic rings. The number of methoxy groups -OCH3 is 1. The number of nitrogens with zero attached hydrogens (tertiary/aromatic N) is 1. The Morgan fingerprint density at radius 1 is 1.15 bits per heavy atom. The van der Waals surface area contributed by atoms with E-state index in [9.17, 15) is 8.42 Å². The van der Waals surface area contributed by atoms with Crippen molar-refractivity contribution < 1.29 is 13.2 Å². The maximum atomic E-state index is 12.2. The molecule has 1 aromatic carbocycles. The number of pyridine rings is 1. The highest BCUT2D eigenvalue weighted by Gasteiger charge is 2.18. The van der Waals surface area contributed by atoms with Crippen molar-refractivity contribution in [3.05, 3.63) is 54.4 Å². The van der Waals surface area contributed by atoms with Crippen LogP contribution in [0.15, 0.2) is 53.6 Å². The smallest absolute Gasteiger partial charge is 0.244 e. The molecule has 1 N–H and O–H groups in total. The molecule has 0 bridgehead atoms. The monoisotopic (exact) mass is 292 g/mol. The fraction of sp³-hybridized carbons (Fsp3) is 0.214. The molecule has 0 unspecified atom stereocenters. The van der Waals surface area contributed by atoms with Crippen molar-refractivity contribution in [1.82, 2.24) is 9.71 Å². The minimum absolute atomic E-state index is 0.142. The Morgan fingerprint density at radius 3 is 2.60 bits per heavy atom. The number of aromatic nitrogens is 1. The first kappa shape index (κ1) is 14.5. The lowest BCUT2D eigenvalue weighted by molar-refractivity contribution is 0.402. The van der Waals surface area contributed by atoms with Gasteiger partial charge in [-0.05, 0) is 24.3 Å². The molecule has 2 aromatic rings. The van der Waals surface area contributed by atoms with Crippen LogP contribution >= 0.6 is 0 Å². The van der Waals surface area contributed by atoms with Gasteiger partial charge in [0.15, 0.2) is 0 Å². The lowest BCUT2D eigenvalue weighted by Crippen LogP contribution is -2.26. The number of para-hydroxylation sites is 1. The van der Waals surface area contributed by atoms with Gasteiger partial charge in [0.05, 0.1) is 7.11 Å². The molecule has 0 spiro atoms. The Hall–Kier alpha value is -1.92. The van der Waals surface area contributed by atoms with Gasteiger partial charge in [0.25, 0.3) is 0 Å². The average molecular weight is 292 g/mol. The Kier molecular flexibility index (Phi) is 4.70. The highest BCUT2D eigenvalue weighted by molar-refractivity contribution is 7.89. The molecule has 5 nitrogen and oxygen atoms in total. The number of nitrogens with one attached hydrogen (secondary N) is 1. The zero-order chi connectivity index (χ0) is 14.4. The molecule has 0 atom stereocenters. The van der Waals surface area contributed by atoms with Gasteiger partial charge in [-0.1, -0.05) is 18.2 Å². The Bertz CT molecular complexity index is 657. The molecule has 0 saturated heterocycles. The highest BCUT2D eigenvalue weighted by atomic mass is 32.2. The molecule has 106 valence electrons. The fourth-order valence-corrected chi connectivity index (χ4v) is 2.98. The summed E-state index contributed by atoms with van der Waals surface area (Å²) in [6.07, 6.45) is 2.22. The van der Waals surface area contributed by atoms with Gasteiger partial charge in [0, 0.05) is 24.9 Å². The summed E-state index contributed by atoms with van der Waals surface area (Å²) in [5.41, 5.74) is 0.843. The van der Waals surface area contributed by atoms with Crippen molar-refractivity contribution in [3.8, 4) is 5.75 Å². The fourth-order valence-electron chi connectivity index (χ4n) is 1.78. The van der Waals surface area contributed by atoms with E-state index in [1.54, 1.807) is 24.4 Å². The number of sulfonamides is 1. The zero-order valence-electron chi connectivity index (χ0n) is 11.1. The lowest BCUT2D eigenvalue weighted by Gasteiger charge is -2.10. The van der Waals surface area contributed by atoms with E-state index in [0.717, 1.165) is 5.69 Å². The van der Waals surface area contributed by atoms with E-state index >= 15 is 0 Å². The van der Waals surface area contributed by atoms with Gasteiger partial charge in [0.1, 0.15) is 10.6 Å². The van der Waals surface area contributed by atoms with Crippen LogP contribution in [0.2, 0.25) is 0 Å². The van der Waals surface area contributed by atoms with Gasteiger partial charge in [-0.15, -0.1) is 0 Å². The summed E-state index contributed by atoms with van der Waals surface area (Å²) >= 11 is 0. The SMILES string of the molecule is COc1ccccc1S(=O)(=O)NCCc1ccccn1. The third-order valence-electron chi connectivity index (χ3n) is 2.76. The largest absolute Gasteiger partial charge is 0.495 e. The molecule has 0 fully saturated rings. The summed E-state index contributed by atoms with van der Waals surface area (Å²) in [6, 6.07) is 12.1. The molecule has 20 heavy (non-hydrogen) atoms. The molecule has 6 heteroatoms. The molecular formula is C14H16N2O3S. The quantitative estimate of drug-likeness (QED) is 0.878. The minimum atomic E-state index is -3.58. The zero-order valence-corrected chi connectivity index (χ0v) is 11.9. The van der Waals surface area contributed by atoms with Gasteiger partial charge < -0.3 is 4.74 Å². The molecule has 0 aliphatic carbocycles. The predicted molar refractivity (Wildman–Crippen MR) is 76.1 cm³/mol. The summed E-state index contributed by atoms with van der Waals surface area (Å²) in [5, 5.41) is 0. The van der Waals surface area contributed by atoms with Crippen LogP contribution in [0.5, 0.6) is 5.75 Å². The second kappa shape index (κ2) is 6.49. The van der Waals surface area contributed by atoms with Crippen LogP contribution in [0.25, 0.3) is 0 Å². The third-order valence-corrected chi connectivity index (χ3v) is 4.26.